The van der Waals surface area contributed by atoms with Gasteiger partial charge in [-0.15, -0.1) is 0 Å². The summed E-state index contributed by atoms with van der Waals surface area (Å²) in [6.07, 6.45) is 3.52. The third kappa shape index (κ3) is 5.15. The van der Waals surface area contributed by atoms with Gasteiger partial charge in [0.2, 0.25) is 0 Å². The summed E-state index contributed by atoms with van der Waals surface area (Å²) >= 11 is 3.67. The lowest BCUT2D eigenvalue weighted by molar-refractivity contribution is 0.394. The van der Waals surface area contributed by atoms with Gasteiger partial charge in [0.1, 0.15) is 5.75 Å². The van der Waals surface area contributed by atoms with Crippen molar-refractivity contribution in [1.82, 2.24) is 5.32 Å². The number of nitrogens with one attached hydrogen (secondary N) is 1. The van der Waals surface area contributed by atoms with Crippen molar-refractivity contribution < 1.29 is 4.74 Å². The number of ether oxygens (including phenoxy) is 1. The topological polar surface area (TPSA) is 21.3 Å². The fourth-order valence-electron chi connectivity index (χ4n) is 2.12. The summed E-state index contributed by atoms with van der Waals surface area (Å²) in [7, 11) is 1.72. The highest BCUT2D eigenvalue weighted by atomic mass is 79.9. The first-order valence-electron chi connectivity index (χ1n) is 7.19. The van der Waals surface area contributed by atoms with E-state index in [-0.39, 0.29) is 0 Å². The van der Waals surface area contributed by atoms with Crippen molar-refractivity contribution >= 4 is 15.9 Å². The van der Waals surface area contributed by atoms with Gasteiger partial charge < -0.3 is 10.1 Å². The van der Waals surface area contributed by atoms with Crippen molar-refractivity contribution in [1.29, 1.82) is 0 Å². The summed E-state index contributed by atoms with van der Waals surface area (Å²) < 4.78 is 6.50. The van der Waals surface area contributed by atoms with Crippen molar-refractivity contribution in [3.05, 3.63) is 28.2 Å². The van der Waals surface area contributed by atoms with Gasteiger partial charge in [0, 0.05) is 10.5 Å². The average molecular weight is 328 g/mol. The van der Waals surface area contributed by atoms with Gasteiger partial charge in [0.05, 0.1) is 7.11 Å². The molecule has 1 aromatic rings. The second-order valence-corrected chi connectivity index (χ2v) is 6.00. The van der Waals surface area contributed by atoms with Crippen LogP contribution >= 0.6 is 15.9 Å². The first kappa shape index (κ1) is 16.5. The van der Waals surface area contributed by atoms with Gasteiger partial charge >= 0.3 is 0 Å². The van der Waals surface area contributed by atoms with E-state index in [1.165, 1.54) is 12.0 Å². The molecule has 108 valence electrons. The summed E-state index contributed by atoms with van der Waals surface area (Å²) in [5.41, 5.74) is 1.30. The highest BCUT2D eigenvalue weighted by molar-refractivity contribution is 9.10. The van der Waals surface area contributed by atoms with Gasteiger partial charge in [-0.25, -0.2) is 0 Å². The van der Waals surface area contributed by atoms with Crippen molar-refractivity contribution in [2.75, 3.05) is 13.7 Å². The zero-order valence-corrected chi connectivity index (χ0v) is 14.1. The highest BCUT2D eigenvalue weighted by Gasteiger charge is 2.17. The molecule has 0 saturated heterocycles. The van der Waals surface area contributed by atoms with E-state index >= 15 is 0 Å². The molecule has 0 heterocycles. The summed E-state index contributed by atoms with van der Waals surface area (Å²) in [4.78, 5) is 0. The molecule has 0 aliphatic rings. The quantitative estimate of drug-likeness (QED) is 0.730. The molecule has 1 N–H and O–H groups in total. The molecule has 0 fully saturated rings. The monoisotopic (exact) mass is 327 g/mol. The molecule has 0 bridgehead atoms. The van der Waals surface area contributed by atoms with E-state index in [1.54, 1.807) is 7.11 Å². The predicted molar refractivity (Wildman–Crippen MR) is 85.8 cm³/mol. The molecule has 0 amide bonds. The molecule has 0 aliphatic heterocycles. The molecule has 2 atom stereocenters. The first-order valence-corrected chi connectivity index (χ1v) is 7.98. The van der Waals surface area contributed by atoms with Gasteiger partial charge in [0.15, 0.2) is 0 Å². The predicted octanol–water partition coefficient (Wildman–Crippen LogP) is 4.93. The minimum Gasteiger partial charge on any atom is -0.497 e. The maximum Gasteiger partial charge on any atom is 0.119 e. The highest BCUT2D eigenvalue weighted by Crippen LogP contribution is 2.31. The van der Waals surface area contributed by atoms with Crippen LogP contribution in [-0.4, -0.2) is 13.7 Å². The standard InChI is InChI=1S/C16H26BrNO/c1-5-9-18-16(10-12(3)6-2)14-11-13(19-4)7-8-15(14)17/h7-8,11-12,16,18H,5-6,9-10H2,1-4H3. The van der Waals surface area contributed by atoms with E-state index in [0.717, 1.165) is 29.6 Å². The SMILES string of the molecule is CCCNC(CC(C)CC)c1cc(OC)ccc1Br. The molecule has 0 aromatic heterocycles. The fourth-order valence-corrected chi connectivity index (χ4v) is 2.65. The number of hydrogen-bond donors (Lipinski definition) is 1. The summed E-state index contributed by atoms with van der Waals surface area (Å²) in [5.74, 6) is 1.64. The van der Waals surface area contributed by atoms with E-state index in [1.807, 2.05) is 6.07 Å². The van der Waals surface area contributed by atoms with Crippen molar-refractivity contribution in [2.24, 2.45) is 5.92 Å². The second kappa shape index (κ2) is 8.60. The third-order valence-electron chi connectivity index (χ3n) is 3.55. The maximum atomic E-state index is 5.35. The van der Waals surface area contributed by atoms with Gasteiger partial charge in [0.25, 0.3) is 0 Å². The number of benzene rings is 1. The van der Waals surface area contributed by atoms with Crippen LogP contribution in [0.4, 0.5) is 0 Å². The van der Waals surface area contributed by atoms with E-state index < -0.39 is 0 Å². The number of hydrogen-bond acceptors (Lipinski definition) is 2. The Morgan fingerprint density at radius 2 is 2.05 bits per heavy atom. The van der Waals surface area contributed by atoms with Crippen LogP contribution in [0.5, 0.6) is 5.75 Å². The van der Waals surface area contributed by atoms with Gasteiger partial charge in [-0.05, 0) is 49.1 Å². The Bertz CT molecular complexity index is 381. The Labute approximate surface area is 126 Å². The molecule has 2 nitrogen and oxygen atoms in total. The zero-order chi connectivity index (χ0) is 14.3. The van der Waals surface area contributed by atoms with E-state index in [2.05, 4.69) is 54.2 Å². The van der Waals surface area contributed by atoms with Crippen LogP contribution < -0.4 is 10.1 Å². The van der Waals surface area contributed by atoms with Crippen LogP contribution in [0, 0.1) is 5.92 Å². The second-order valence-electron chi connectivity index (χ2n) is 5.14. The van der Waals surface area contributed by atoms with E-state index in [9.17, 15) is 0 Å². The van der Waals surface area contributed by atoms with Gasteiger partial charge in [-0.1, -0.05) is 43.1 Å². The minimum atomic E-state index is 0.388. The zero-order valence-electron chi connectivity index (χ0n) is 12.5. The van der Waals surface area contributed by atoms with Crippen LogP contribution in [0.1, 0.15) is 51.6 Å². The van der Waals surface area contributed by atoms with Crippen molar-refractivity contribution in [3.63, 3.8) is 0 Å². The smallest absolute Gasteiger partial charge is 0.119 e. The van der Waals surface area contributed by atoms with E-state index in [4.69, 9.17) is 4.74 Å². The molecule has 0 radical (unpaired) electrons. The molecular weight excluding hydrogens is 302 g/mol. The van der Waals surface area contributed by atoms with Crippen LogP contribution in [0.15, 0.2) is 22.7 Å². The molecule has 0 spiro atoms. The van der Waals surface area contributed by atoms with Crippen molar-refractivity contribution in [2.45, 2.75) is 46.1 Å². The Hall–Kier alpha value is -0.540. The molecule has 3 heteroatoms. The molecule has 1 rings (SSSR count). The minimum absolute atomic E-state index is 0.388. The van der Waals surface area contributed by atoms with Gasteiger partial charge in [-0.2, -0.15) is 0 Å². The molecule has 0 saturated carbocycles. The number of rotatable bonds is 8. The lowest BCUT2D eigenvalue weighted by Gasteiger charge is -2.23. The molecule has 1 aromatic carbocycles. The summed E-state index contributed by atoms with van der Waals surface area (Å²) in [5, 5.41) is 3.66. The van der Waals surface area contributed by atoms with Crippen LogP contribution in [0.2, 0.25) is 0 Å². The number of methoxy groups -OCH3 is 1. The Balaban J connectivity index is 2.94. The van der Waals surface area contributed by atoms with E-state index in [0.29, 0.717) is 12.0 Å². The summed E-state index contributed by atoms with van der Waals surface area (Å²) in [6.45, 7) is 7.82. The third-order valence-corrected chi connectivity index (χ3v) is 4.28. The Kier molecular flexibility index (Phi) is 7.47. The maximum absolute atomic E-state index is 5.35. The van der Waals surface area contributed by atoms with Crippen LogP contribution in [0.25, 0.3) is 0 Å². The Morgan fingerprint density at radius 1 is 1.32 bits per heavy atom. The normalized spacial score (nSPS) is 14.2. The molecule has 19 heavy (non-hydrogen) atoms. The van der Waals surface area contributed by atoms with Crippen molar-refractivity contribution in [3.8, 4) is 5.75 Å². The summed E-state index contributed by atoms with van der Waals surface area (Å²) in [6, 6.07) is 6.60. The molecule has 0 aliphatic carbocycles. The lowest BCUT2D eigenvalue weighted by atomic mass is 9.94. The fraction of sp³-hybridized carbons (Fsp3) is 0.625. The average Bonchev–Trinajstić information content (AvgIpc) is 2.43. The number of halogens is 1. The Morgan fingerprint density at radius 3 is 2.63 bits per heavy atom. The first-order chi connectivity index (χ1) is 9.12. The van der Waals surface area contributed by atoms with Crippen LogP contribution in [-0.2, 0) is 0 Å². The largest absolute Gasteiger partial charge is 0.497 e. The lowest BCUT2D eigenvalue weighted by Crippen LogP contribution is -2.24. The van der Waals surface area contributed by atoms with Gasteiger partial charge in [-0.3, -0.25) is 0 Å². The van der Waals surface area contributed by atoms with Crippen LogP contribution in [0.3, 0.4) is 0 Å². The molecule has 2 unspecified atom stereocenters. The molecular formula is C16H26BrNO.